The first-order valence-corrected chi connectivity index (χ1v) is 10.1. The molecular formula is C24H23NO4. The van der Waals surface area contributed by atoms with Gasteiger partial charge in [-0.3, -0.25) is 4.79 Å². The Labute approximate surface area is 168 Å². The summed E-state index contributed by atoms with van der Waals surface area (Å²) in [4.78, 5) is 27.3. The zero-order valence-corrected chi connectivity index (χ0v) is 16.4. The van der Waals surface area contributed by atoms with Crippen LogP contribution >= 0.6 is 0 Å². The smallest absolute Gasteiger partial charge is 0.344 e. The second kappa shape index (κ2) is 6.76. The number of benzene rings is 2. The van der Waals surface area contributed by atoms with Crippen LogP contribution in [0, 0.1) is 6.92 Å². The number of carbonyl (C=O) groups excluding carboxylic acids is 1. The van der Waals surface area contributed by atoms with Crippen molar-refractivity contribution in [2.45, 2.75) is 38.2 Å². The Morgan fingerprint density at radius 3 is 2.45 bits per heavy atom. The Morgan fingerprint density at radius 1 is 0.966 bits per heavy atom. The molecule has 5 rings (SSSR count). The highest BCUT2D eigenvalue weighted by molar-refractivity contribution is 5.98. The quantitative estimate of drug-likeness (QED) is 0.629. The van der Waals surface area contributed by atoms with Crippen LogP contribution in [0.4, 0.5) is 0 Å². The number of ether oxygens (including phenoxy) is 1. The van der Waals surface area contributed by atoms with E-state index in [1.807, 2.05) is 37.3 Å². The molecule has 29 heavy (non-hydrogen) atoms. The first-order chi connectivity index (χ1) is 14.1. The van der Waals surface area contributed by atoms with Gasteiger partial charge in [-0.25, -0.2) is 4.79 Å². The van der Waals surface area contributed by atoms with Gasteiger partial charge in [0.25, 0.3) is 5.91 Å². The number of para-hydroxylation sites is 1. The molecule has 1 fully saturated rings. The summed E-state index contributed by atoms with van der Waals surface area (Å²) < 4.78 is 11.8. The molecular weight excluding hydrogens is 366 g/mol. The topological polar surface area (TPSA) is 59.8 Å². The van der Waals surface area contributed by atoms with Crippen molar-refractivity contribution in [2.24, 2.45) is 0 Å². The van der Waals surface area contributed by atoms with Crippen LogP contribution in [-0.4, -0.2) is 29.5 Å². The van der Waals surface area contributed by atoms with Gasteiger partial charge in [0.05, 0.1) is 5.39 Å². The number of fused-ring (bicyclic) bond motifs is 2. The Balaban J connectivity index is 1.37. The molecule has 148 valence electrons. The third-order valence-electron chi connectivity index (χ3n) is 6.39. The third-order valence-corrected chi connectivity index (χ3v) is 6.39. The molecule has 5 nitrogen and oxygen atoms in total. The van der Waals surface area contributed by atoms with Gasteiger partial charge >= 0.3 is 5.63 Å². The van der Waals surface area contributed by atoms with Crippen LogP contribution in [0.2, 0.25) is 0 Å². The monoisotopic (exact) mass is 389 g/mol. The maximum atomic E-state index is 13.1. The van der Waals surface area contributed by atoms with E-state index in [0.717, 1.165) is 36.8 Å². The highest BCUT2D eigenvalue weighted by Gasteiger charge is 2.41. The lowest BCUT2D eigenvalue weighted by atomic mass is 9.83. The van der Waals surface area contributed by atoms with Gasteiger partial charge in [0, 0.05) is 31.5 Å². The fraction of sp³-hybridized carbons (Fsp3) is 0.333. The molecule has 0 aliphatic carbocycles. The highest BCUT2D eigenvalue weighted by Crippen LogP contribution is 2.39. The molecule has 5 heteroatoms. The van der Waals surface area contributed by atoms with E-state index in [4.69, 9.17) is 9.15 Å². The summed E-state index contributed by atoms with van der Waals surface area (Å²) in [6.07, 6.45) is 3.53. The average Bonchev–Trinajstić information content (AvgIpc) is 2.76. The molecule has 0 N–H and O–H groups in total. The lowest BCUT2D eigenvalue weighted by molar-refractivity contribution is -0.0115. The molecule has 0 bridgehead atoms. The summed E-state index contributed by atoms with van der Waals surface area (Å²) in [6, 6.07) is 15.4. The maximum Gasteiger partial charge on any atom is 0.344 e. The van der Waals surface area contributed by atoms with E-state index in [2.05, 4.69) is 6.07 Å². The first-order valence-electron chi connectivity index (χ1n) is 10.1. The number of piperidine rings is 1. The zero-order valence-electron chi connectivity index (χ0n) is 16.4. The van der Waals surface area contributed by atoms with Gasteiger partial charge in [0.15, 0.2) is 5.76 Å². The van der Waals surface area contributed by atoms with Crippen molar-refractivity contribution in [3.8, 4) is 5.75 Å². The number of nitrogens with zero attached hydrogens (tertiary/aromatic N) is 1. The SMILES string of the molecule is Cc1c(C(=O)N2CCC3(CCc4ccccc4O3)CC2)oc(=O)c2ccccc12. The summed E-state index contributed by atoms with van der Waals surface area (Å²) >= 11 is 0. The highest BCUT2D eigenvalue weighted by atomic mass is 16.5. The van der Waals surface area contributed by atoms with Gasteiger partial charge in [0.1, 0.15) is 11.4 Å². The van der Waals surface area contributed by atoms with Crippen molar-refractivity contribution < 1.29 is 13.9 Å². The van der Waals surface area contributed by atoms with Gasteiger partial charge in [-0.1, -0.05) is 36.4 Å². The molecule has 2 aliphatic heterocycles. The standard InChI is InChI=1S/C24H23NO4/c1-16-18-7-3-4-8-19(18)23(27)28-21(16)22(26)25-14-12-24(13-15-25)11-10-17-6-2-5-9-20(17)29-24/h2-9H,10-15H2,1H3. The Hall–Kier alpha value is -3.08. The molecule has 0 saturated carbocycles. The van der Waals surface area contributed by atoms with Gasteiger partial charge in [0.2, 0.25) is 0 Å². The number of hydrogen-bond donors (Lipinski definition) is 0. The summed E-state index contributed by atoms with van der Waals surface area (Å²) in [6.45, 7) is 3.03. The molecule has 1 aromatic heterocycles. The maximum absolute atomic E-state index is 13.1. The van der Waals surface area contributed by atoms with E-state index in [1.165, 1.54) is 5.56 Å². The fourth-order valence-corrected chi connectivity index (χ4v) is 4.61. The van der Waals surface area contributed by atoms with E-state index in [1.54, 1.807) is 17.0 Å². The van der Waals surface area contributed by atoms with Crippen molar-refractivity contribution in [3.05, 3.63) is 75.8 Å². The number of likely N-dealkylation sites (tertiary alicyclic amines) is 1. The number of carbonyl (C=O) groups is 1. The van der Waals surface area contributed by atoms with Crippen molar-refractivity contribution >= 4 is 16.7 Å². The zero-order chi connectivity index (χ0) is 20.0. The minimum atomic E-state index is -0.463. The largest absolute Gasteiger partial charge is 0.487 e. The van der Waals surface area contributed by atoms with E-state index in [0.29, 0.717) is 24.0 Å². The molecule has 2 aromatic carbocycles. The molecule has 0 atom stereocenters. The predicted molar refractivity (Wildman–Crippen MR) is 110 cm³/mol. The number of amides is 1. The van der Waals surface area contributed by atoms with Crippen LogP contribution in [-0.2, 0) is 6.42 Å². The van der Waals surface area contributed by atoms with E-state index < -0.39 is 5.63 Å². The van der Waals surface area contributed by atoms with Crippen molar-refractivity contribution in [1.29, 1.82) is 0 Å². The van der Waals surface area contributed by atoms with Crippen LogP contribution in [0.5, 0.6) is 5.75 Å². The molecule has 0 radical (unpaired) electrons. The normalized spacial score (nSPS) is 17.8. The van der Waals surface area contributed by atoms with Crippen LogP contribution in [0.25, 0.3) is 10.8 Å². The minimum Gasteiger partial charge on any atom is -0.487 e. The molecule has 3 heterocycles. The lowest BCUT2D eigenvalue weighted by Crippen LogP contribution is -2.51. The van der Waals surface area contributed by atoms with Crippen molar-refractivity contribution in [1.82, 2.24) is 4.90 Å². The Bertz CT molecular complexity index is 1150. The second-order valence-electron chi connectivity index (χ2n) is 8.07. The molecule has 1 saturated heterocycles. The molecule has 2 aliphatic rings. The van der Waals surface area contributed by atoms with Crippen molar-refractivity contribution in [2.75, 3.05) is 13.1 Å². The predicted octanol–water partition coefficient (Wildman–Crippen LogP) is 4.10. The third kappa shape index (κ3) is 3.01. The van der Waals surface area contributed by atoms with Gasteiger partial charge < -0.3 is 14.1 Å². The van der Waals surface area contributed by atoms with Crippen LogP contribution in [0.3, 0.4) is 0 Å². The average molecular weight is 389 g/mol. The number of rotatable bonds is 1. The second-order valence-corrected chi connectivity index (χ2v) is 8.07. The molecule has 0 unspecified atom stereocenters. The molecule has 1 spiro atoms. The summed E-state index contributed by atoms with van der Waals surface area (Å²) in [5, 5.41) is 1.28. The Kier molecular flexibility index (Phi) is 4.19. The number of hydrogen-bond acceptors (Lipinski definition) is 4. The summed E-state index contributed by atoms with van der Waals surface area (Å²) in [5.41, 5.74) is 1.30. The minimum absolute atomic E-state index is 0.152. The summed E-state index contributed by atoms with van der Waals surface area (Å²) in [7, 11) is 0. The first kappa shape index (κ1) is 18.0. The van der Waals surface area contributed by atoms with Gasteiger partial charge in [-0.2, -0.15) is 0 Å². The van der Waals surface area contributed by atoms with E-state index in [-0.39, 0.29) is 17.3 Å². The van der Waals surface area contributed by atoms with Crippen molar-refractivity contribution in [3.63, 3.8) is 0 Å². The van der Waals surface area contributed by atoms with E-state index in [9.17, 15) is 9.59 Å². The van der Waals surface area contributed by atoms with Crippen LogP contribution < -0.4 is 10.4 Å². The van der Waals surface area contributed by atoms with E-state index >= 15 is 0 Å². The lowest BCUT2D eigenvalue weighted by Gasteiger charge is -2.44. The van der Waals surface area contributed by atoms with Crippen LogP contribution in [0.1, 0.15) is 40.9 Å². The van der Waals surface area contributed by atoms with Gasteiger partial charge in [-0.15, -0.1) is 0 Å². The number of aryl methyl sites for hydroxylation is 2. The molecule has 3 aromatic rings. The Morgan fingerprint density at radius 2 is 1.66 bits per heavy atom. The summed E-state index contributed by atoms with van der Waals surface area (Å²) in [5.74, 6) is 0.908. The fourth-order valence-electron chi connectivity index (χ4n) is 4.61. The van der Waals surface area contributed by atoms with Crippen LogP contribution in [0.15, 0.2) is 57.7 Å². The van der Waals surface area contributed by atoms with Gasteiger partial charge in [-0.05, 0) is 42.8 Å². The molecule has 1 amide bonds.